The summed E-state index contributed by atoms with van der Waals surface area (Å²) in [6.45, 7) is 1.87. The Hall–Kier alpha value is -3.55. The molecule has 3 aromatic carbocycles. The molecule has 0 saturated heterocycles. The molecule has 0 spiro atoms. The van der Waals surface area contributed by atoms with Crippen molar-refractivity contribution >= 4 is 51.1 Å². The van der Waals surface area contributed by atoms with E-state index in [1.165, 1.54) is 0 Å². The molecule has 4 nitrogen and oxygen atoms in total. The number of anilines is 1. The number of nitriles is 1. The lowest BCUT2D eigenvalue weighted by molar-refractivity contribution is -0.112. The molecule has 0 bridgehead atoms. The summed E-state index contributed by atoms with van der Waals surface area (Å²) in [5.41, 5.74) is 4.33. The lowest BCUT2D eigenvalue weighted by Crippen LogP contribution is -2.14. The van der Waals surface area contributed by atoms with Crippen LogP contribution in [0.25, 0.3) is 27.9 Å². The maximum Gasteiger partial charge on any atom is 0.266 e. The van der Waals surface area contributed by atoms with Crippen molar-refractivity contribution in [3.8, 4) is 6.07 Å². The number of carbonyl (C=O) groups excluding carboxylic acids is 1. The number of aryl methyl sites for hydroxylation is 1. The first-order chi connectivity index (χ1) is 13.5. The van der Waals surface area contributed by atoms with Crippen LogP contribution in [0.1, 0.15) is 11.1 Å². The number of amides is 1. The van der Waals surface area contributed by atoms with Gasteiger partial charge in [-0.1, -0.05) is 41.9 Å². The van der Waals surface area contributed by atoms with Crippen LogP contribution in [0.4, 0.5) is 5.69 Å². The number of aromatic amines is 1. The number of halogens is 1. The maximum atomic E-state index is 12.6. The molecule has 2 N–H and O–H groups in total. The Morgan fingerprint density at radius 3 is 2.68 bits per heavy atom. The monoisotopic (exact) mass is 385 g/mol. The van der Waals surface area contributed by atoms with Crippen molar-refractivity contribution in [1.29, 1.82) is 5.26 Å². The molecule has 0 aliphatic carbocycles. The second kappa shape index (κ2) is 7.22. The number of nitrogens with zero attached hydrogens (tertiary/aromatic N) is 1. The van der Waals surface area contributed by atoms with Crippen LogP contribution in [0.5, 0.6) is 0 Å². The summed E-state index contributed by atoms with van der Waals surface area (Å²) in [5, 5.41) is 14.9. The van der Waals surface area contributed by atoms with Crippen molar-refractivity contribution in [3.05, 3.63) is 82.4 Å². The van der Waals surface area contributed by atoms with Crippen LogP contribution in [0.3, 0.4) is 0 Å². The van der Waals surface area contributed by atoms with Gasteiger partial charge >= 0.3 is 0 Å². The van der Waals surface area contributed by atoms with Crippen LogP contribution in [-0.2, 0) is 4.79 Å². The number of rotatable bonds is 3. The Kier molecular flexibility index (Phi) is 4.60. The third kappa shape index (κ3) is 3.36. The molecule has 136 valence electrons. The van der Waals surface area contributed by atoms with Crippen molar-refractivity contribution in [2.24, 2.45) is 0 Å². The fourth-order valence-electron chi connectivity index (χ4n) is 3.19. The van der Waals surface area contributed by atoms with Crippen molar-refractivity contribution < 1.29 is 4.79 Å². The summed E-state index contributed by atoms with van der Waals surface area (Å²) >= 11 is 6.00. The third-order valence-corrected chi connectivity index (χ3v) is 4.89. The van der Waals surface area contributed by atoms with E-state index >= 15 is 0 Å². The van der Waals surface area contributed by atoms with Gasteiger partial charge in [0.15, 0.2) is 0 Å². The summed E-state index contributed by atoms with van der Waals surface area (Å²) in [6, 6.07) is 21.1. The minimum Gasteiger partial charge on any atom is -0.355 e. The smallest absolute Gasteiger partial charge is 0.266 e. The molecule has 0 aliphatic rings. The molecule has 0 saturated carbocycles. The number of nitrogens with one attached hydrogen (secondary N) is 2. The molecular formula is C23H16ClN3O. The predicted molar refractivity (Wildman–Crippen MR) is 114 cm³/mol. The molecule has 0 radical (unpaired) electrons. The van der Waals surface area contributed by atoms with Crippen LogP contribution in [0, 0.1) is 18.3 Å². The van der Waals surface area contributed by atoms with E-state index < -0.39 is 5.91 Å². The number of para-hydroxylation sites is 1. The topological polar surface area (TPSA) is 68.7 Å². The standard InChI is InChI=1S/C23H16ClN3O/c1-14-6-8-17(24)12-22(14)27-23(28)16(13-25)10-15-7-9-21-19(11-15)18-4-2-3-5-20(18)26-21/h2-12,26H,1H3,(H,27,28)/b16-10+. The Labute approximate surface area is 167 Å². The molecule has 0 unspecified atom stereocenters. The Morgan fingerprint density at radius 2 is 1.86 bits per heavy atom. The van der Waals surface area contributed by atoms with E-state index in [0.717, 1.165) is 32.9 Å². The molecule has 1 heterocycles. The lowest BCUT2D eigenvalue weighted by Gasteiger charge is -2.08. The number of hydrogen-bond acceptors (Lipinski definition) is 2. The Bertz CT molecular complexity index is 1290. The zero-order valence-corrected chi connectivity index (χ0v) is 15.8. The average molecular weight is 386 g/mol. The minimum absolute atomic E-state index is 0.0265. The summed E-state index contributed by atoms with van der Waals surface area (Å²) in [4.78, 5) is 15.9. The number of aromatic nitrogens is 1. The summed E-state index contributed by atoms with van der Waals surface area (Å²) in [6.07, 6.45) is 1.59. The second-order valence-corrected chi connectivity index (χ2v) is 7.00. The second-order valence-electron chi connectivity index (χ2n) is 6.56. The van der Waals surface area contributed by atoms with Crippen molar-refractivity contribution in [1.82, 2.24) is 4.98 Å². The van der Waals surface area contributed by atoms with E-state index in [4.69, 9.17) is 11.6 Å². The van der Waals surface area contributed by atoms with Gasteiger partial charge in [-0.2, -0.15) is 5.26 Å². The summed E-state index contributed by atoms with van der Waals surface area (Å²) < 4.78 is 0. The van der Waals surface area contributed by atoms with Crippen molar-refractivity contribution in [2.75, 3.05) is 5.32 Å². The first kappa shape index (κ1) is 17.8. The molecule has 1 aromatic heterocycles. The van der Waals surface area contributed by atoms with E-state index in [9.17, 15) is 10.1 Å². The molecule has 28 heavy (non-hydrogen) atoms. The first-order valence-corrected chi connectivity index (χ1v) is 9.13. The highest BCUT2D eigenvalue weighted by atomic mass is 35.5. The van der Waals surface area contributed by atoms with E-state index in [0.29, 0.717) is 10.7 Å². The summed E-state index contributed by atoms with van der Waals surface area (Å²) in [7, 11) is 0. The van der Waals surface area contributed by atoms with Gasteiger partial charge in [0.1, 0.15) is 11.6 Å². The molecule has 0 fully saturated rings. The van der Waals surface area contributed by atoms with Gasteiger partial charge in [-0.05, 0) is 54.5 Å². The van der Waals surface area contributed by atoms with Crippen LogP contribution in [-0.4, -0.2) is 10.9 Å². The van der Waals surface area contributed by atoms with Gasteiger partial charge in [-0.15, -0.1) is 0 Å². The Balaban J connectivity index is 1.69. The van der Waals surface area contributed by atoms with E-state index in [1.54, 1.807) is 18.2 Å². The zero-order chi connectivity index (χ0) is 19.7. The van der Waals surface area contributed by atoms with Crippen molar-refractivity contribution in [2.45, 2.75) is 6.92 Å². The molecule has 4 rings (SSSR count). The molecule has 0 aliphatic heterocycles. The van der Waals surface area contributed by atoms with Crippen LogP contribution in [0.15, 0.2) is 66.2 Å². The van der Waals surface area contributed by atoms with Gasteiger partial charge in [-0.3, -0.25) is 4.79 Å². The van der Waals surface area contributed by atoms with Gasteiger partial charge in [0.25, 0.3) is 5.91 Å². The van der Waals surface area contributed by atoms with Gasteiger partial charge in [-0.25, -0.2) is 0 Å². The minimum atomic E-state index is -0.466. The van der Waals surface area contributed by atoms with Gasteiger partial charge in [0, 0.05) is 32.5 Å². The predicted octanol–water partition coefficient (Wildman–Crippen LogP) is 5.83. The van der Waals surface area contributed by atoms with Crippen molar-refractivity contribution in [3.63, 3.8) is 0 Å². The fraction of sp³-hybridized carbons (Fsp3) is 0.0435. The average Bonchev–Trinajstić information content (AvgIpc) is 3.07. The number of H-pyrrole nitrogens is 1. The van der Waals surface area contributed by atoms with Gasteiger partial charge in [0.2, 0.25) is 0 Å². The normalized spacial score (nSPS) is 11.5. The lowest BCUT2D eigenvalue weighted by atomic mass is 10.1. The van der Waals surface area contributed by atoms with Crippen LogP contribution >= 0.6 is 11.6 Å². The quantitative estimate of drug-likeness (QED) is 0.344. The molecule has 5 heteroatoms. The zero-order valence-electron chi connectivity index (χ0n) is 15.1. The third-order valence-electron chi connectivity index (χ3n) is 4.65. The summed E-state index contributed by atoms with van der Waals surface area (Å²) in [5.74, 6) is -0.466. The van der Waals surface area contributed by atoms with Crippen LogP contribution < -0.4 is 5.32 Å². The Morgan fingerprint density at radius 1 is 1.07 bits per heavy atom. The first-order valence-electron chi connectivity index (χ1n) is 8.75. The van der Waals surface area contributed by atoms with E-state index in [-0.39, 0.29) is 5.57 Å². The molecule has 0 atom stereocenters. The number of carbonyl (C=O) groups is 1. The van der Waals surface area contributed by atoms with E-state index in [2.05, 4.69) is 10.3 Å². The highest BCUT2D eigenvalue weighted by Crippen LogP contribution is 2.27. The SMILES string of the molecule is Cc1ccc(Cl)cc1NC(=O)/C(C#N)=C/c1ccc2[nH]c3ccccc3c2c1. The van der Waals surface area contributed by atoms with Crippen LogP contribution in [0.2, 0.25) is 5.02 Å². The van der Waals surface area contributed by atoms with E-state index in [1.807, 2.05) is 61.5 Å². The molecule has 4 aromatic rings. The highest BCUT2D eigenvalue weighted by Gasteiger charge is 2.12. The largest absolute Gasteiger partial charge is 0.355 e. The number of benzene rings is 3. The fourth-order valence-corrected chi connectivity index (χ4v) is 3.36. The molecular weight excluding hydrogens is 370 g/mol. The molecule has 1 amide bonds. The number of fused-ring (bicyclic) bond motifs is 3. The number of hydrogen-bond donors (Lipinski definition) is 2. The van der Waals surface area contributed by atoms with Gasteiger partial charge in [0.05, 0.1) is 0 Å². The highest BCUT2D eigenvalue weighted by molar-refractivity contribution is 6.31. The van der Waals surface area contributed by atoms with Gasteiger partial charge < -0.3 is 10.3 Å². The maximum absolute atomic E-state index is 12.6.